The summed E-state index contributed by atoms with van der Waals surface area (Å²) in [6, 6.07) is 45.4. The van der Waals surface area contributed by atoms with Crippen LogP contribution >= 0.6 is 0 Å². The summed E-state index contributed by atoms with van der Waals surface area (Å²) in [4.78, 5) is 15.0. The molecule has 0 amide bonds. The van der Waals surface area contributed by atoms with Crippen LogP contribution in [0.3, 0.4) is 0 Å². The van der Waals surface area contributed by atoms with Gasteiger partial charge in [-0.1, -0.05) is 170 Å². The van der Waals surface area contributed by atoms with Gasteiger partial charge < -0.3 is 4.57 Å². The van der Waals surface area contributed by atoms with Crippen LogP contribution in [0, 0.1) is 0 Å². The molecular weight excluding hydrogens is 683 g/mol. The van der Waals surface area contributed by atoms with Gasteiger partial charge in [0.1, 0.15) is 0 Å². The number of benzene rings is 8. The van der Waals surface area contributed by atoms with E-state index in [4.69, 9.17) is 17.7 Å². The average molecular weight is 724 g/mol. The number of rotatable bonds is 6. The lowest BCUT2D eigenvalue weighted by molar-refractivity contribution is 0.953. The van der Waals surface area contributed by atoms with Gasteiger partial charge in [-0.3, -0.25) is 4.57 Å². The Kier molecular flexibility index (Phi) is 5.74. The van der Waals surface area contributed by atoms with Crippen molar-refractivity contribution in [2.24, 2.45) is 0 Å². The third-order valence-electron chi connectivity index (χ3n) is 10.1. The molecule has 11 aromatic rings. The number of aromatic nitrogens is 5. The first-order valence-electron chi connectivity index (χ1n) is 22.2. The summed E-state index contributed by atoms with van der Waals surface area (Å²) in [6.07, 6.45) is 0. The number of fused-ring (bicyclic) bond motifs is 7. The first-order valence-corrected chi connectivity index (χ1v) is 18.2. The summed E-state index contributed by atoms with van der Waals surface area (Å²) in [5.41, 5.74) is 6.36. The van der Waals surface area contributed by atoms with Crippen molar-refractivity contribution in [2.45, 2.75) is 0 Å². The molecule has 0 spiro atoms. The zero-order chi connectivity index (χ0) is 44.0. The van der Waals surface area contributed by atoms with Crippen molar-refractivity contribution in [1.29, 1.82) is 0 Å². The first kappa shape index (κ1) is 24.6. The molecule has 0 saturated carbocycles. The van der Waals surface area contributed by atoms with E-state index in [1.54, 1.807) is 4.57 Å². The van der Waals surface area contributed by atoms with Crippen molar-refractivity contribution in [3.05, 3.63) is 200 Å². The normalized spacial score (nSPS) is 13.6. The summed E-state index contributed by atoms with van der Waals surface area (Å²) < 4.78 is 78.3. The second-order valence-electron chi connectivity index (χ2n) is 13.4. The summed E-state index contributed by atoms with van der Waals surface area (Å²) >= 11 is 0. The summed E-state index contributed by atoms with van der Waals surface area (Å²) in [7, 11) is 0. The van der Waals surface area contributed by atoms with Crippen LogP contribution in [0.15, 0.2) is 200 Å². The molecule has 8 aromatic carbocycles. The minimum absolute atomic E-state index is 0.0509. The van der Waals surface area contributed by atoms with E-state index in [1.165, 1.54) is 12.1 Å². The minimum atomic E-state index is -0.311. The molecule has 11 rings (SSSR count). The van der Waals surface area contributed by atoms with Gasteiger partial charge in [-0.15, -0.1) is 0 Å². The predicted molar refractivity (Wildman–Crippen MR) is 230 cm³/mol. The monoisotopic (exact) mass is 723 g/mol. The lowest BCUT2D eigenvalue weighted by Crippen LogP contribution is -2.07. The van der Waals surface area contributed by atoms with Crippen molar-refractivity contribution in [2.75, 3.05) is 0 Å². The van der Waals surface area contributed by atoms with Gasteiger partial charge in [0, 0.05) is 38.4 Å². The zero-order valence-electron chi connectivity index (χ0n) is 37.7. The second-order valence-corrected chi connectivity index (χ2v) is 13.4. The van der Waals surface area contributed by atoms with Crippen LogP contribution in [-0.4, -0.2) is 24.1 Å². The van der Waals surface area contributed by atoms with Crippen molar-refractivity contribution >= 4 is 43.6 Å². The van der Waals surface area contributed by atoms with Crippen LogP contribution in [-0.2, 0) is 0 Å². The molecule has 3 aromatic heterocycles. The molecule has 0 saturated heterocycles. The quantitative estimate of drug-likeness (QED) is 0.172. The predicted octanol–water partition coefficient (Wildman–Crippen LogP) is 12.7. The number of hydrogen-bond donors (Lipinski definition) is 0. The highest BCUT2D eigenvalue weighted by molar-refractivity contribution is 6.23. The van der Waals surface area contributed by atoms with E-state index in [9.17, 15) is 8.22 Å². The largest absolute Gasteiger partial charge is 0.307 e. The van der Waals surface area contributed by atoms with E-state index in [1.807, 2.05) is 138 Å². The van der Waals surface area contributed by atoms with E-state index in [0.29, 0.717) is 28.5 Å². The molecule has 0 unspecified atom stereocenters. The Hall–Kier alpha value is -7.63. The molecule has 262 valence electrons. The molecule has 0 aliphatic carbocycles. The fraction of sp³-hybridized carbons (Fsp3) is 0. The van der Waals surface area contributed by atoms with E-state index >= 15 is 0 Å². The van der Waals surface area contributed by atoms with Crippen molar-refractivity contribution in [3.8, 4) is 56.7 Å². The smallest absolute Gasteiger partial charge is 0.238 e. The fourth-order valence-electron chi connectivity index (χ4n) is 7.59. The molecule has 0 fully saturated rings. The van der Waals surface area contributed by atoms with E-state index < -0.39 is 0 Å². The van der Waals surface area contributed by atoms with E-state index in [0.717, 1.165) is 22.3 Å². The van der Waals surface area contributed by atoms with Gasteiger partial charge in [0.15, 0.2) is 11.6 Å². The SMILES string of the molecule is [2H]c1cc([2H])c2c(c1[2H])c1c([2H])c([2H])c3c4c([2H])c([2H])cc([2H])c4n(-c4nc(-c5ccccc5)nc(-c5ccccc5)n4)c3c1n2-c1cc(-c2ccccc2)cc(-c2ccccc2)c1. The highest BCUT2D eigenvalue weighted by atomic mass is 15.2. The Morgan fingerprint density at radius 2 is 0.786 bits per heavy atom. The Morgan fingerprint density at radius 1 is 0.357 bits per heavy atom. The van der Waals surface area contributed by atoms with Gasteiger partial charge in [-0.25, -0.2) is 4.98 Å². The maximum absolute atomic E-state index is 9.77. The van der Waals surface area contributed by atoms with Gasteiger partial charge >= 0.3 is 0 Å². The molecular formula is C51H33N5. The third-order valence-corrected chi connectivity index (χ3v) is 10.1. The van der Waals surface area contributed by atoms with Crippen LogP contribution in [0.4, 0.5) is 0 Å². The van der Waals surface area contributed by atoms with Gasteiger partial charge in [0.2, 0.25) is 5.95 Å². The Balaban J connectivity index is 1.41. The van der Waals surface area contributed by atoms with Crippen molar-refractivity contribution in [1.82, 2.24) is 24.1 Å². The highest BCUT2D eigenvalue weighted by Crippen LogP contribution is 2.42. The van der Waals surface area contributed by atoms with Crippen LogP contribution in [0.25, 0.3) is 100 Å². The van der Waals surface area contributed by atoms with Gasteiger partial charge in [0.25, 0.3) is 0 Å². The van der Waals surface area contributed by atoms with Crippen LogP contribution < -0.4 is 0 Å². The van der Waals surface area contributed by atoms with E-state index in [-0.39, 0.29) is 97.9 Å². The molecule has 0 aliphatic heterocycles. The van der Waals surface area contributed by atoms with Crippen molar-refractivity contribution in [3.63, 3.8) is 0 Å². The Labute approximate surface area is 334 Å². The zero-order valence-corrected chi connectivity index (χ0v) is 29.7. The van der Waals surface area contributed by atoms with Crippen LogP contribution in [0.5, 0.6) is 0 Å². The summed E-state index contributed by atoms with van der Waals surface area (Å²) in [6.45, 7) is 0. The van der Waals surface area contributed by atoms with Crippen LogP contribution in [0.2, 0.25) is 0 Å². The topological polar surface area (TPSA) is 48.5 Å². The molecule has 5 heteroatoms. The number of nitrogens with zero attached hydrogens (tertiary/aromatic N) is 5. The Bertz CT molecular complexity index is 3330. The first-order chi connectivity index (χ1) is 31.1. The van der Waals surface area contributed by atoms with Crippen LogP contribution in [0.1, 0.15) is 11.0 Å². The fourth-order valence-corrected chi connectivity index (χ4v) is 7.59. The van der Waals surface area contributed by atoms with Crippen molar-refractivity contribution < 1.29 is 11.0 Å². The Morgan fingerprint density at radius 3 is 1.27 bits per heavy atom. The van der Waals surface area contributed by atoms with Gasteiger partial charge in [-0.2, -0.15) is 9.97 Å². The lowest BCUT2D eigenvalue weighted by Gasteiger charge is -2.15. The van der Waals surface area contributed by atoms with Gasteiger partial charge in [-0.05, 0) is 52.5 Å². The standard InChI is InChI=1S/C51H33N5/c1-5-17-34(18-6-1)38-31-39(35-19-7-2-8-20-35)33-40(32-38)55-45-27-15-13-25-41(45)43-29-30-44-42-26-14-16-28-46(42)56(48(44)47(43)55)51-53-49(36-21-9-3-10-22-36)52-50(54-51)37-23-11-4-12-24-37/h1-33H/i13D,14D,25D,26D,27D,28D,29D,30D. The maximum Gasteiger partial charge on any atom is 0.238 e. The molecule has 56 heavy (non-hydrogen) atoms. The van der Waals surface area contributed by atoms with Gasteiger partial charge in [0.05, 0.1) is 33.0 Å². The molecule has 0 radical (unpaired) electrons. The maximum atomic E-state index is 9.77. The lowest BCUT2D eigenvalue weighted by atomic mass is 9.98. The number of hydrogen-bond acceptors (Lipinski definition) is 3. The average Bonchev–Trinajstić information content (AvgIpc) is 3.89. The third kappa shape index (κ3) is 5.21. The summed E-state index contributed by atoms with van der Waals surface area (Å²) in [5.74, 6) is 0.686. The number of para-hydroxylation sites is 2. The minimum Gasteiger partial charge on any atom is -0.307 e. The molecule has 0 bridgehead atoms. The molecule has 5 nitrogen and oxygen atoms in total. The molecule has 3 heterocycles. The molecule has 0 N–H and O–H groups in total. The second kappa shape index (κ2) is 13.0. The molecule has 0 aliphatic rings. The van der Waals surface area contributed by atoms with E-state index in [2.05, 4.69) is 6.07 Å². The summed E-state index contributed by atoms with van der Waals surface area (Å²) in [5, 5.41) is 0.480. The molecule has 0 atom stereocenters. The highest BCUT2D eigenvalue weighted by Gasteiger charge is 2.24.